The van der Waals surface area contributed by atoms with Crippen molar-refractivity contribution < 1.29 is 9.59 Å². The standard InChI is InChI=1S/C10H15NO2S2/c1-2-3-4-5-10(14)15-11-8(12)6-7-9(11)13/h2-7H2,1H3. The van der Waals surface area contributed by atoms with Crippen LogP contribution in [-0.2, 0) is 9.59 Å². The summed E-state index contributed by atoms with van der Waals surface area (Å²) in [6.45, 7) is 2.13. The van der Waals surface area contributed by atoms with Gasteiger partial charge in [0.05, 0.1) is 4.20 Å². The lowest BCUT2D eigenvalue weighted by molar-refractivity contribution is -0.131. The van der Waals surface area contributed by atoms with Crippen LogP contribution >= 0.6 is 24.2 Å². The molecule has 0 saturated carbocycles. The Balaban J connectivity index is 2.31. The van der Waals surface area contributed by atoms with Gasteiger partial charge in [-0.25, -0.2) is 4.31 Å². The van der Waals surface area contributed by atoms with E-state index in [9.17, 15) is 9.59 Å². The maximum Gasteiger partial charge on any atom is 0.240 e. The minimum Gasteiger partial charge on any atom is -0.273 e. The van der Waals surface area contributed by atoms with Crippen molar-refractivity contribution in [3.63, 3.8) is 0 Å². The number of unbranched alkanes of at least 4 members (excludes halogenated alkanes) is 2. The third kappa shape index (κ3) is 3.91. The molecule has 3 nitrogen and oxygen atoms in total. The quantitative estimate of drug-likeness (QED) is 0.323. The Morgan fingerprint density at radius 3 is 2.47 bits per heavy atom. The lowest BCUT2D eigenvalue weighted by Gasteiger charge is -2.12. The van der Waals surface area contributed by atoms with Crippen molar-refractivity contribution in [3.05, 3.63) is 0 Å². The highest BCUT2D eigenvalue weighted by Crippen LogP contribution is 2.24. The molecule has 1 rings (SSSR count). The highest BCUT2D eigenvalue weighted by Gasteiger charge is 2.30. The van der Waals surface area contributed by atoms with Crippen molar-refractivity contribution in [1.29, 1.82) is 0 Å². The molecule has 0 atom stereocenters. The van der Waals surface area contributed by atoms with Gasteiger partial charge < -0.3 is 0 Å². The van der Waals surface area contributed by atoms with Crippen molar-refractivity contribution in [3.8, 4) is 0 Å². The van der Waals surface area contributed by atoms with Crippen LogP contribution in [-0.4, -0.2) is 20.3 Å². The summed E-state index contributed by atoms with van der Waals surface area (Å²) in [6, 6.07) is 0. The van der Waals surface area contributed by atoms with E-state index in [2.05, 4.69) is 6.92 Å². The summed E-state index contributed by atoms with van der Waals surface area (Å²) >= 11 is 6.27. The molecule has 0 aliphatic carbocycles. The van der Waals surface area contributed by atoms with Crippen LogP contribution in [0.3, 0.4) is 0 Å². The van der Waals surface area contributed by atoms with Gasteiger partial charge in [0.15, 0.2) is 0 Å². The predicted octanol–water partition coefficient (Wildman–Crippen LogP) is 2.69. The number of nitrogens with zero attached hydrogens (tertiary/aromatic N) is 1. The number of amides is 2. The molecule has 1 heterocycles. The van der Waals surface area contributed by atoms with E-state index < -0.39 is 0 Å². The van der Waals surface area contributed by atoms with Gasteiger partial charge in [-0.3, -0.25) is 9.59 Å². The minimum absolute atomic E-state index is 0.108. The number of imide groups is 1. The van der Waals surface area contributed by atoms with Gasteiger partial charge in [0.1, 0.15) is 0 Å². The van der Waals surface area contributed by atoms with Gasteiger partial charge in [-0.2, -0.15) is 0 Å². The second-order valence-electron chi connectivity index (χ2n) is 3.50. The van der Waals surface area contributed by atoms with Crippen LogP contribution in [0.4, 0.5) is 0 Å². The third-order valence-corrected chi connectivity index (χ3v) is 3.61. The average molecular weight is 245 g/mol. The van der Waals surface area contributed by atoms with Gasteiger partial charge in [0.25, 0.3) is 0 Å². The molecule has 0 unspecified atom stereocenters. The van der Waals surface area contributed by atoms with Crippen LogP contribution in [0.5, 0.6) is 0 Å². The molecule has 0 bridgehead atoms. The highest BCUT2D eigenvalue weighted by molar-refractivity contribution is 8.22. The largest absolute Gasteiger partial charge is 0.273 e. The Morgan fingerprint density at radius 1 is 1.33 bits per heavy atom. The van der Waals surface area contributed by atoms with Crippen molar-refractivity contribution in [2.75, 3.05) is 0 Å². The first kappa shape index (κ1) is 12.6. The fourth-order valence-corrected chi connectivity index (χ4v) is 2.52. The third-order valence-electron chi connectivity index (χ3n) is 2.18. The molecule has 1 aliphatic heterocycles. The van der Waals surface area contributed by atoms with E-state index in [1.165, 1.54) is 4.31 Å². The number of thiocarbonyl (C=S) groups is 1. The maximum atomic E-state index is 11.3. The first-order valence-electron chi connectivity index (χ1n) is 5.21. The smallest absolute Gasteiger partial charge is 0.240 e. The predicted molar refractivity (Wildman–Crippen MR) is 65.4 cm³/mol. The van der Waals surface area contributed by atoms with E-state index in [0.29, 0.717) is 12.8 Å². The van der Waals surface area contributed by atoms with E-state index in [0.717, 1.165) is 41.8 Å². The van der Waals surface area contributed by atoms with Crippen molar-refractivity contribution >= 4 is 40.2 Å². The first-order valence-corrected chi connectivity index (χ1v) is 6.40. The van der Waals surface area contributed by atoms with E-state index in [4.69, 9.17) is 12.2 Å². The summed E-state index contributed by atoms with van der Waals surface area (Å²) in [6.07, 6.45) is 4.81. The average Bonchev–Trinajstić information content (AvgIpc) is 2.50. The summed E-state index contributed by atoms with van der Waals surface area (Å²) in [5, 5.41) is 0. The first-order chi connectivity index (χ1) is 7.15. The van der Waals surface area contributed by atoms with Crippen LogP contribution in [0.1, 0.15) is 45.4 Å². The van der Waals surface area contributed by atoms with E-state index >= 15 is 0 Å². The molecule has 84 valence electrons. The molecule has 1 aliphatic rings. The lowest BCUT2D eigenvalue weighted by atomic mass is 10.2. The molecule has 1 fully saturated rings. The molecule has 0 N–H and O–H groups in total. The van der Waals surface area contributed by atoms with Crippen molar-refractivity contribution in [1.82, 2.24) is 4.31 Å². The second-order valence-corrected chi connectivity index (χ2v) is 5.29. The molecule has 0 aromatic carbocycles. The van der Waals surface area contributed by atoms with Crippen molar-refractivity contribution in [2.24, 2.45) is 0 Å². The number of hydrogen-bond acceptors (Lipinski definition) is 4. The van der Waals surface area contributed by atoms with Crippen LogP contribution < -0.4 is 0 Å². The van der Waals surface area contributed by atoms with Crippen LogP contribution in [0.15, 0.2) is 0 Å². The zero-order chi connectivity index (χ0) is 11.3. The van der Waals surface area contributed by atoms with E-state index in [1.807, 2.05) is 0 Å². The SMILES string of the molecule is CCCCCC(=S)SN1C(=O)CCC1=O. The Hall–Kier alpha value is -0.420. The Bertz CT molecular complexity index is 263. The molecule has 2 amide bonds. The van der Waals surface area contributed by atoms with Gasteiger partial charge in [0.2, 0.25) is 11.8 Å². The van der Waals surface area contributed by atoms with Gasteiger partial charge in [-0.05, 0) is 12.8 Å². The fraction of sp³-hybridized carbons (Fsp3) is 0.700. The zero-order valence-corrected chi connectivity index (χ0v) is 10.5. The monoisotopic (exact) mass is 245 g/mol. The molecule has 1 saturated heterocycles. The molecular weight excluding hydrogens is 230 g/mol. The van der Waals surface area contributed by atoms with Gasteiger partial charge in [-0.1, -0.05) is 32.0 Å². The summed E-state index contributed by atoms with van der Waals surface area (Å²) in [4.78, 5) is 22.5. The zero-order valence-electron chi connectivity index (χ0n) is 8.82. The Morgan fingerprint density at radius 2 is 1.93 bits per heavy atom. The fourth-order valence-electron chi connectivity index (χ4n) is 1.32. The van der Waals surface area contributed by atoms with E-state index in [1.54, 1.807) is 0 Å². The van der Waals surface area contributed by atoms with Crippen LogP contribution in [0.2, 0.25) is 0 Å². The number of carbonyl (C=O) groups excluding carboxylic acids is 2. The molecule has 5 heteroatoms. The van der Waals surface area contributed by atoms with Gasteiger partial charge in [-0.15, -0.1) is 0 Å². The molecule has 0 aromatic rings. The molecule has 0 aromatic heterocycles. The molecule has 0 spiro atoms. The van der Waals surface area contributed by atoms with Crippen LogP contribution in [0.25, 0.3) is 0 Å². The molecule has 0 radical (unpaired) electrons. The van der Waals surface area contributed by atoms with Gasteiger partial charge >= 0.3 is 0 Å². The maximum absolute atomic E-state index is 11.3. The summed E-state index contributed by atoms with van der Waals surface area (Å²) in [5.41, 5.74) is 0. The normalized spacial score (nSPS) is 16.2. The summed E-state index contributed by atoms with van der Waals surface area (Å²) in [5.74, 6) is -0.217. The summed E-state index contributed by atoms with van der Waals surface area (Å²) in [7, 11) is 0. The number of rotatable bonds is 5. The topological polar surface area (TPSA) is 37.4 Å². The molecular formula is C10H15NO2S2. The van der Waals surface area contributed by atoms with Gasteiger partial charge in [0, 0.05) is 24.8 Å². The minimum atomic E-state index is -0.108. The lowest BCUT2D eigenvalue weighted by Crippen LogP contribution is -2.22. The number of hydrogen-bond donors (Lipinski definition) is 0. The van der Waals surface area contributed by atoms with E-state index in [-0.39, 0.29) is 11.8 Å². The highest BCUT2D eigenvalue weighted by atomic mass is 32.2. The number of carbonyl (C=O) groups is 2. The second kappa shape index (κ2) is 6.23. The Kier molecular flexibility index (Phi) is 5.25. The van der Waals surface area contributed by atoms with Crippen molar-refractivity contribution in [2.45, 2.75) is 45.4 Å². The Labute approximate surface area is 99.7 Å². The van der Waals surface area contributed by atoms with Crippen LogP contribution in [0, 0.1) is 0 Å². The summed E-state index contributed by atoms with van der Waals surface area (Å²) < 4.78 is 1.96. The molecule has 15 heavy (non-hydrogen) atoms.